The zero-order chi connectivity index (χ0) is 27.7. The zero-order valence-electron chi connectivity index (χ0n) is 21.9. The Kier molecular flexibility index (Phi) is 10.1. The molecule has 1 saturated carbocycles. The molecule has 2 heterocycles. The summed E-state index contributed by atoms with van der Waals surface area (Å²) < 4.78 is 40.5. The minimum atomic E-state index is -4.40. The second-order valence-corrected chi connectivity index (χ2v) is 10.7. The van der Waals surface area contributed by atoms with E-state index in [-0.39, 0.29) is 12.5 Å². The van der Waals surface area contributed by atoms with Crippen LogP contribution in [0.4, 0.5) is 24.9 Å². The van der Waals surface area contributed by atoms with Gasteiger partial charge in [-0.1, -0.05) is 44.2 Å². The van der Waals surface area contributed by atoms with Crippen molar-refractivity contribution in [2.75, 3.05) is 29.2 Å². The number of rotatable bonds is 12. The van der Waals surface area contributed by atoms with Crippen LogP contribution in [-0.2, 0) is 17.5 Å². The fourth-order valence-electron chi connectivity index (χ4n) is 4.67. The van der Waals surface area contributed by atoms with Crippen molar-refractivity contribution in [3.05, 3.63) is 60.2 Å². The van der Waals surface area contributed by atoms with Gasteiger partial charge in [0.05, 0.1) is 5.56 Å². The monoisotopic (exact) mass is 561 g/mol. The molecule has 0 spiro atoms. The number of aromatic nitrogens is 4. The Hall–Kier alpha value is -3.28. The Labute approximate surface area is 230 Å². The maximum atomic E-state index is 13.4. The highest BCUT2D eigenvalue weighted by Gasteiger charge is 2.30. The van der Waals surface area contributed by atoms with Crippen molar-refractivity contribution in [3.63, 3.8) is 0 Å². The van der Waals surface area contributed by atoms with Crippen LogP contribution in [0.2, 0.25) is 0 Å². The molecule has 1 unspecified atom stereocenters. The summed E-state index contributed by atoms with van der Waals surface area (Å²) >= 11 is 1.71. The lowest BCUT2D eigenvalue weighted by Gasteiger charge is -2.27. The van der Waals surface area contributed by atoms with E-state index in [2.05, 4.69) is 30.9 Å². The maximum Gasteiger partial charge on any atom is 0.416 e. The molecule has 39 heavy (non-hydrogen) atoms. The zero-order valence-corrected chi connectivity index (χ0v) is 22.7. The molecule has 3 aromatic rings. The van der Waals surface area contributed by atoms with Crippen molar-refractivity contribution < 1.29 is 18.0 Å². The Bertz CT molecular complexity index is 1180. The minimum Gasteiger partial charge on any atom is -0.358 e. The molecule has 0 radical (unpaired) electrons. The van der Waals surface area contributed by atoms with Gasteiger partial charge in [0.2, 0.25) is 11.9 Å². The molecule has 2 aromatic heterocycles. The molecule has 8 nitrogen and oxygen atoms in total. The molecule has 1 fully saturated rings. The molecule has 1 amide bonds. The lowest BCUT2D eigenvalue weighted by molar-refractivity contribution is -0.137. The molecule has 1 aromatic carbocycles. The van der Waals surface area contributed by atoms with Crippen molar-refractivity contribution in [1.29, 1.82) is 0 Å². The van der Waals surface area contributed by atoms with Gasteiger partial charge in [0.15, 0.2) is 0 Å². The van der Waals surface area contributed by atoms with E-state index in [4.69, 9.17) is 0 Å². The molecule has 1 aliphatic rings. The Morgan fingerprint density at radius 2 is 1.92 bits per heavy atom. The minimum absolute atomic E-state index is 0.130. The number of anilines is 2. The Morgan fingerprint density at radius 3 is 2.59 bits per heavy atom. The summed E-state index contributed by atoms with van der Waals surface area (Å²) in [6.45, 7) is 0.818. The molecule has 1 atom stereocenters. The summed E-state index contributed by atoms with van der Waals surface area (Å²) in [6.07, 6.45) is 8.99. The highest BCUT2D eigenvalue weighted by atomic mass is 32.2. The molecule has 210 valence electrons. The third kappa shape index (κ3) is 8.61. The fraction of sp³-hybridized carbons (Fsp3) is 0.481. The number of nitrogens with one attached hydrogen (secondary N) is 3. The Morgan fingerprint density at radius 1 is 1.15 bits per heavy atom. The van der Waals surface area contributed by atoms with Crippen molar-refractivity contribution in [3.8, 4) is 5.82 Å². The number of halogens is 3. The third-order valence-electron chi connectivity index (χ3n) is 6.75. The van der Waals surface area contributed by atoms with Crippen LogP contribution in [0.3, 0.4) is 0 Å². The molecule has 0 bridgehead atoms. The van der Waals surface area contributed by atoms with Gasteiger partial charge < -0.3 is 16.0 Å². The molecule has 4 rings (SSSR count). The van der Waals surface area contributed by atoms with Crippen molar-refractivity contribution >= 4 is 29.4 Å². The molecular weight excluding hydrogens is 527 g/mol. The van der Waals surface area contributed by atoms with Crippen molar-refractivity contribution in [2.45, 2.75) is 57.3 Å². The summed E-state index contributed by atoms with van der Waals surface area (Å²) in [5, 5.41) is 9.48. The van der Waals surface area contributed by atoms with Crippen LogP contribution in [0.5, 0.6) is 0 Å². The van der Waals surface area contributed by atoms with Crippen LogP contribution < -0.4 is 16.0 Å². The standard InChI is InChI=1S/C27H34F3N7OS/c1-39-14-12-32-26-35-23(16-24(36-26)37-13-11-31-18-37)34-22(15-19-5-3-2-4-6-19)25(38)33-17-20-7-9-21(10-8-20)27(28,29)30/h7-11,13,16,18-19,22H,2-6,12,14-15,17H2,1H3,(H,33,38)(H2,32,34,35,36). The number of carbonyl (C=O) groups excluding carboxylic acids is 1. The molecule has 0 aliphatic heterocycles. The largest absolute Gasteiger partial charge is 0.416 e. The summed E-state index contributed by atoms with van der Waals surface area (Å²) in [5.74, 6) is 2.63. The first-order valence-corrected chi connectivity index (χ1v) is 14.5. The summed E-state index contributed by atoms with van der Waals surface area (Å²) in [6, 6.07) is 6.06. The van der Waals surface area contributed by atoms with Crippen LogP contribution in [0.15, 0.2) is 49.1 Å². The van der Waals surface area contributed by atoms with E-state index in [1.54, 1.807) is 41.1 Å². The normalized spacial score (nSPS) is 15.1. The van der Waals surface area contributed by atoms with E-state index in [9.17, 15) is 18.0 Å². The van der Waals surface area contributed by atoms with Crippen LogP contribution >= 0.6 is 11.8 Å². The lowest BCUT2D eigenvalue weighted by Crippen LogP contribution is -2.41. The number of hydrogen-bond acceptors (Lipinski definition) is 7. The highest BCUT2D eigenvalue weighted by molar-refractivity contribution is 7.98. The number of benzene rings is 1. The number of amides is 1. The van der Waals surface area contributed by atoms with Gasteiger partial charge >= 0.3 is 6.18 Å². The molecule has 12 heteroatoms. The van der Waals surface area contributed by atoms with Crippen molar-refractivity contribution in [1.82, 2.24) is 24.8 Å². The highest BCUT2D eigenvalue weighted by Crippen LogP contribution is 2.30. The quantitative estimate of drug-likeness (QED) is 0.251. The van der Waals surface area contributed by atoms with Gasteiger partial charge in [0.25, 0.3) is 0 Å². The van der Waals surface area contributed by atoms with Crippen LogP contribution in [-0.4, -0.2) is 50.0 Å². The molecule has 1 aliphatic carbocycles. The predicted octanol–water partition coefficient (Wildman–Crippen LogP) is 5.52. The SMILES string of the molecule is CSCCNc1nc(NC(CC2CCCCC2)C(=O)NCc2ccc(C(F)(F)F)cc2)cc(-n2ccnc2)n1. The number of carbonyl (C=O) groups is 1. The second kappa shape index (κ2) is 13.7. The van der Waals surface area contributed by atoms with Crippen molar-refractivity contribution in [2.24, 2.45) is 5.92 Å². The smallest absolute Gasteiger partial charge is 0.358 e. The van der Waals surface area contributed by atoms with E-state index in [0.29, 0.717) is 42.0 Å². The average molecular weight is 562 g/mol. The van der Waals surface area contributed by atoms with E-state index < -0.39 is 17.8 Å². The first-order chi connectivity index (χ1) is 18.8. The van der Waals surface area contributed by atoms with Gasteiger partial charge in [0, 0.05) is 37.3 Å². The van der Waals surface area contributed by atoms with Crippen LogP contribution in [0, 0.1) is 5.92 Å². The summed E-state index contributed by atoms with van der Waals surface area (Å²) in [4.78, 5) is 26.7. The third-order valence-corrected chi connectivity index (χ3v) is 7.36. The lowest BCUT2D eigenvalue weighted by atomic mass is 9.84. The fourth-order valence-corrected chi connectivity index (χ4v) is 4.98. The number of thioether (sulfide) groups is 1. The molecule has 0 saturated heterocycles. The van der Waals surface area contributed by atoms with Gasteiger partial charge in [-0.3, -0.25) is 9.36 Å². The molecule has 3 N–H and O–H groups in total. The predicted molar refractivity (Wildman–Crippen MR) is 148 cm³/mol. The number of alkyl halides is 3. The van der Waals surface area contributed by atoms with E-state index in [0.717, 1.165) is 43.6 Å². The van der Waals surface area contributed by atoms with E-state index in [1.165, 1.54) is 18.6 Å². The van der Waals surface area contributed by atoms with E-state index in [1.807, 2.05) is 6.26 Å². The molecular formula is C27H34F3N7OS. The van der Waals surface area contributed by atoms with Crippen LogP contribution in [0.25, 0.3) is 5.82 Å². The summed E-state index contributed by atoms with van der Waals surface area (Å²) in [7, 11) is 0. The first-order valence-electron chi connectivity index (χ1n) is 13.1. The number of imidazole rings is 1. The van der Waals surface area contributed by atoms with Gasteiger partial charge in [-0.05, 0) is 36.3 Å². The average Bonchev–Trinajstić information content (AvgIpc) is 3.47. The first kappa shape index (κ1) is 28.7. The van der Waals surface area contributed by atoms with Gasteiger partial charge in [0.1, 0.15) is 24.0 Å². The maximum absolute atomic E-state index is 13.4. The van der Waals surface area contributed by atoms with Gasteiger partial charge in [-0.2, -0.15) is 34.9 Å². The topological polar surface area (TPSA) is 96.8 Å². The Balaban J connectivity index is 1.51. The van der Waals surface area contributed by atoms with Gasteiger partial charge in [-0.25, -0.2) is 4.98 Å². The number of nitrogens with zero attached hydrogens (tertiary/aromatic N) is 4. The van der Waals surface area contributed by atoms with E-state index >= 15 is 0 Å². The number of hydrogen-bond donors (Lipinski definition) is 3. The van der Waals surface area contributed by atoms with Crippen LogP contribution in [0.1, 0.15) is 49.7 Å². The van der Waals surface area contributed by atoms with Gasteiger partial charge in [-0.15, -0.1) is 0 Å². The summed E-state index contributed by atoms with van der Waals surface area (Å²) in [5.41, 5.74) is -0.119. The second-order valence-electron chi connectivity index (χ2n) is 9.67.